The molecule has 2 aromatic rings. The van der Waals surface area contributed by atoms with Gasteiger partial charge < -0.3 is 4.42 Å². The van der Waals surface area contributed by atoms with Crippen molar-refractivity contribution in [1.29, 1.82) is 0 Å². The molecule has 148 valence electrons. The van der Waals surface area contributed by atoms with Gasteiger partial charge in [-0.15, -0.1) is 0 Å². The Morgan fingerprint density at radius 1 is 1.07 bits per heavy atom. The third kappa shape index (κ3) is 2.93. The summed E-state index contributed by atoms with van der Waals surface area (Å²) in [5.74, 6) is 2.66. The van der Waals surface area contributed by atoms with Crippen LogP contribution in [-0.4, -0.2) is 18.1 Å². The zero-order valence-electron chi connectivity index (χ0n) is 16.1. The molecule has 4 fully saturated rings. The lowest BCUT2D eigenvalue weighted by Crippen LogP contribution is -2.56. The van der Waals surface area contributed by atoms with E-state index in [1.807, 2.05) is 30.5 Å². The summed E-state index contributed by atoms with van der Waals surface area (Å²) in [6.07, 6.45) is 8.79. The topological polar surface area (TPSA) is 71.3 Å². The summed E-state index contributed by atoms with van der Waals surface area (Å²) in [5.41, 5.74) is 6.69. The Labute approximate surface area is 169 Å². The number of para-hydroxylation sites is 1. The average molecular weight is 399 g/mol. The van der Waals surface area contributed by atoms with Crippen molar-refractivity contribution in [1.82, 2.24) is 10.9 Å². The summed E-state index contributed by atoms with van der Waals surface area (Å²) in [6, 6.07) is 7.67. The van der Waals surface area contributed by atoms with E-state index in [-0.39, 0.29) is 17.2 Å². The Morgan fingerprint density at radius 2 is 1.71 bits per heavy atom. The molecule has 4 aliphatic carbocycles. The number of hydrogen-bond acceptors (Lipinski definition) is 4. The smallest absolute Gasteiger partial charge is 0.305 e. The molecule has 4 bridgehead atoms. The molecular formula is C22H26N2O3S. The van der Waals surface area contributed by atoms with Crippen LogP contribution in [0.3, 0.4) is 0 Å². The van der Waals surface area contributed by atoms with Crippen LogP contribution in [0, 0.1) is 23.2 Å². The van der Waals surface area contributed by atoms with E-state index in [4.69, 9.17) is 4.42 Å². The minimum Gasteiger partial charge on any atom is -0.451 e. The van der Waals surface area contributed by atoms with Gasteiger partial charge in [-0.2, -0.15) is 11.8 Å². The molecule has 0 unspecified atom stereocenters. The maximum Gasteiger partial charge on any atom is 0.305 e. The number of carbonyl (C=O) groups excluding carboxylic acids is 2. The highest BCUT2D eigenvalue weighted by Crippen LogP contribution is 2.60. The normalized spacial score (nSPS) is 30.5. The van der Waals surface area contributed by atoms with E-state index in [2.05, 4.69) is 10.9 Å². The first-order valence-electron chi connectivity index (χ1n) is 10.2. The summed E-state index contributed by atoms with van der Waals surface area (Å²) in [7, 11) is 0. The van der Waals surface area contributed by atoms with E-state index in [1.165, 1.54) is 19.3 Å². The minimum absolute atomic E-state index is 0.0116. The fraction of sp³-hybridized carbons (Fsp3) is 0.545. The molecule has 6 rings (SSSR count). The van der Waals surface area contributed by atoms with Gasteiger partial charge in [0.1, 0.15) is 5.58 Å². The molecule has 2 N–H and O–H groups in total. The number of fused-ring (bicyclic) bond motifs is 1. The van der Waals surface area contributed by atoms with E-state index < -0.39 is 0 Å². The molecular weight excluding hydrogens is 372 g/mol. The van der Waals surface area contributed by atoms with Gasteiger partial charge in [0.15, 0.2) is 5.76 Å². The summed E-state index contributed by atoms with van der Waals surface area (Å²) in [5, 5.41) is 0.953. The van der Waals surface area contributed by atoms with Gasteiger partial charge in [-0.05, 0) is 68.6 Å². The number of amides is 2. The van der Waals surface area contributed by atoms with Crippen LogP contribution in [0.25, 0.3) is 11.0 Å². The van der Waals surface area contributed by atoms with Gasteiger partial charge >= 0.3 is 5.91 Å². The fourth-order valence-corrected chi connectivity index (χ4v) is 6.84. The Hall–Kier alpha value is -1.95. The van der Waals surface area contributed by atoms with Gasteiger partial charge in [0.25, 0.3) is 0 Å². The first kappa shape index (κ1) is 18.1. The molecule has 1 aromatic heterocycles. The first-order valence-corrected chi connectivity index (χ1v) is 11.6. The summed E-state index contributed by atoms with van der Waals surface area (Å²) in [4.78, 5) is 25.9. The molecule has 1 heterocycles. The SMILES string of the molecule is CSCc1c(C(=O)NNC(=O)C23CC4CC(CC(C4)C2)C3)oc2ccccc12. The van der Waals surface area contributed by atoms with Crippen LogP contribution in [0.15, 0.2) is 28.7 Å². The van der Waals surface area contributed by atoms with E-state index in [1.54, 1.807) is 11.8 Å². The van der Waals surface area contributed by atoms with Gasteiger partial charge in [0.05, 0.1) is 5.41 Å². The van der Waals surface area contributed by atoms with E-state index >= 15 is 0 Å². The Balaban J connectivity index is 1.32. The van der Waals surface area contributed by atoms with Gasteiger partial charge in [-0.3, -0.25) is 20.4 Å². The third-order valence-electron chi connectivity index (χ3n) is 7.00. The van der Waals surface area contributed by atoms with Gasteiger partial charge in [0, 0.05) is 16.7 Å². The van der Waals surface area contributed by atoms with Crippen molar-refractivity contribution in [2.75, 3.05) is 6.26 Å². The van der Waals surface area contributed by atoms with Gasteiger partial charge in [-0.1, -0.05) is 18.2 Å². The Kier molecular flexibility index (Phi) is 4.42. The summed E-state index contributed by atoms with van der Waals surface area (Å²) < 4.78 is 5.82. The highest BCUT2D eigenvalue weighted by Gasteiger charge is 2.54. The maximum absolute atomic E-state index is 13.1. The molecule has 4 aliphatic rings. The highest BCUT2D eigenvalue weighted by atomic mass is 32.2. The molecule has 0 aliphatic heterocycles. The van der Waals surface area contributed by atoms with Crippen molar-refractivity contribution >= 4 is 34.5 Å². The van der Waals surface area contributed by atoms with Crippen LogP contribution < -0.4 is 10.9 Å². The van der Waals surface area contributed by atoms with Crippen LogP contribution in [-0.2, 0) is 10.5 Å². The van der Waals surface area contributed by atoms with E-state index in [0.29, 0.717) is 34.8 Å². The van der Waals surface area contributed by atoms with Crippen molar-refractivity contribution in [3.05, 3.63) is 35.6 Å². The molecule has 4 saturated carbocycles. The number of nitrogens with one attached hydrogen (secondary N) is 2. The zero-order chi connectivity index (χ0) is 19.3. The lowest BCUT2D eigenvalue weighted by molar-refractivity contribution is -0.147. The second-order valence-electron chi connectivity index (χ2n) is 8.95. The lowest BCUT2D eigenvalue weighted by Gasteiger charge is -2.55. The third-order valence-corrected chi connectivity index (χ3v) is 7.58. The highest BCUT2D eigenvalue weighted by molar-refractivity contribution is 7.97. The maximum atomic E-state index is 13.1. The fourth-order valence-electron chi connectivity index (χ4n) is 6.26. The predicted octanol–water partition coefficient (Wildman–Crippen LogP) is 4.27. The number of carbonyl (C=O) groups is 2. The summed E-state index contributed by atoms with van der Waals surface area (Å²) >= 11 is 1.64. The van der Waals surface area contributed by atoms with Crippen molar-refractivity contribution in [3.8, 4) is 0 Å². The molecule has 0 spiro atoms. The van der Waals surface area contributed by atoms with Crippen molar-refractivity contribution in [2.45, 2.75) is 44.3 Å². The average Bonchev–Trinajstić information content (AvgIpc) is 3.04. The Bertz CT molecular complexity index is 900. The molecule has 6 heteroatoms. The molecule has 0 saturated heterocycles. The number of rotatable bonds is 4. The van der Waals surface area contributed by atoms with Gasteiger partial charge in [-0.25, -0.2) is 0 Å². The minimum atomic E-state index is -0.377. The largest absolute Gasteiger partial charge is 0.451 e. The monoisotopic (exact) mass is 398 g/mol. The van der Waals surface area contributed by atoms with Crippen LogP contribution in [0.5, 0.6) is 0 Å². The molecule has 1 aromatic carbocycles. The number of thioether (sulfide) groups is 1. The van der Waals surface area contributed by atoms with Crippen molar-refractivity contribution in [3.63, 3.8) is 0 Å². The molecule has 5 nitrogen and oxygen atoms in total. The Morgan fingerprint density at radius 3 is 2.36 bits per heavy atom. The molecule has 0 radical (unpaired) electrons. The van der Waals surface area contributed by atoms with Gasteiger partial charge in [0.2, 0.25) is 5.91 Å². The second kappa shape index (κ2) is 6.83. The van der Waals surface area contributed by atoms with Crippen LogP contribution in [0.2, 0.25) is 0 Å². The predicted molar refractivity (Wildman–Crippen MR) is 110 cm³/mol. The number of furan rings is 1. The molecule has 28 heavy (non-hydrogen) atoms. The molecule has 0 atom stereocenters. The van der Waals surface area contributed by atoms with Crippen LogP contribution in [0.1, 0.15) is 54.6 Å². The van der Waals surface area contributed by atoms with Crippen molar-refractivity contribution in [2.24, 2.45) is 23.2 Å². The molecule has 2 amide bonds. The lowest BCUT2D eigenvalue weighted by atomic mass is 9.49. The van der Waals surface area contributed by atoms with E-state index in [0.717, 1.165) is 30.2 Å². The second-order valence-corrected chi connectivity index (χ2v) is 9.81. The number of benzene rings is 1. The van der Waals surface area contributed by atoms with Crippen LogP contribution >= 0.6 is 11.8 Å². The number of hydrazine groups is 1. The zero-order valence-corrected chi connectivity index (χ0v) is 16.9. The number of hydrogen-bond donors (Lipinski definition) is 2. The van der Waals surface area contributed by atoms with E-state index in [9.17, 15) is 9.59 Å². The standard InChI is InChI=1S/C22H26N2O3S/c1-28-12-17-16-4-2-3-5-18(16)27-19(17)20(25)23-24-21(26)22-9-13-6-14(10-22)8-15(7-13)11-22/h2-5,13-15H,6-12H2,1H3,(H,23,25)(H,24,26). The summed E-state index contributed by atoms with van der Waals surface area (Å²) in [6.45, 7) is 0. The van der Waals surface area contributed by atoms with Crippen molar-refractivity contribution < 1.29 is 14.0 Å². The quantitative estimate of drug-likeness (QED) is 0.755. The first-order chi connectivity index (χ1) is 13.6. The van der Waals surface area contributed by atoms with Crippen LogP contribution in [0.4, 0.5) is 0 Å².